The van der Waals surface area contributed by atoms with Crippen molar-refractivity contribution in [3.63, 3.8) is 0 Å². The van der Waals surface area contributed by atoms with E-state index < -0.39 is 0 Å². The Bertz CT molecular complexity index is 2840. The number of pyridine rings is 1. The number of para-hydroxylation sites is 1. The van der Waals surface area contributed by atoms with Crippen molar-refractivity contribution in [2.24, 2.45) is 0 Å². The lowest BCUT2D eigenvalue weighted by Crippen LogP contribution is -2.00. The van der Waals surface area contributed by atoms with Gasteiger partial charge in [0.1, 0.15) is 11.3 Å². The first-order valence-corrected chi connectivity index (χ1v) is 17.0. The van der Waals surface area contributed by atoms with Crippen LogP contribution in [0, 0.1) is 0 Å². The van der Waals surface area contributed by atoms with E-state index in [1.165, 1.54) is 10.8 Å². The smallest absolute Gasteiger partial charge is 0.164 e. The molecule has 0 amide bonds. The lowest BCUT2D eigenvalue weighted by molar-refractivity contribution is 0.669. The average Bonchev–Trinajstić information content (AvgIpc) is 3.61. The zero-order chi connectivity index (χ0) is 33.7. The van der Waals surface area contributed by atoms with Crippen LogP contribution in [0.1, 0.15) is 0 Å². The summed E-state index contributed by atoms with van der Waals surface area (Å²) in [4.78, 5) is 19.9. The predicted molar refractivity (Wildman–Crippen MR) is 207 cm³/mol. The quantitative estimate of drug-likeness (QED) is 0.173. The third-order valence-electron chi connectivity index (χ3n) is 9.51. The Balaban J connectivity index is 1.08. The Hall–Kier alpha value is -6.98. The fourth-order valence-corrected chi connectivity index (χ4v) is 7.04. The number of nitrogens with zero attached hydrogens (tertiary/aromatic N) is 4. The van der Waals surface area contributed by atoms with Gasteiger partial charge in [-0.05, 0) is 40.1 Å². The van der Waals surface area contributed by atoms with Gasteiger partial charge < -0.3 is 4.42 Å². The fraction of sp³-hybridized carbons (Fsp3) is 0. The summed E-state index contributed by atoms with van der Waals surface area (Å²) in [6.45, 7) is 0. The Labute approximate surface area is 293 Å². The Morgan fingerprint density at radius 3 is 1.61 bits per heavy atom. The normalized spacial score (nSPS) is 11.5. The van der Waals surface area contributed by atoms with Gasteiger partial charge in [0.05, 0.1) is 5.52 Å². The van der Waals surface area contributed by atoms with Crippen molar-refractivity contribution in [3.8, 4) is 56.5 Å². The van der Waals surface area contributed by atoms with E-state index in [4.69, 9.17) is 24.4 Å². The van der Waals surface area contributed by atoms with E-state index in [9.17, 15) is 0 Å². The molecule has 10 aromatic rings. The molecule has 0 aliphatic rings. The van der Waals surface area contributed by atoms with Crippen molar-refractivity contribution < 1.29 is 4.42 Å². The first kappa shape index (κ1) is 29.0. The molecule has 3 heterocycles. The molecule has 51 heavy (non-hydrogen) atoms. The van der Waals surface area contributed by atoms with Crippen LogP contribution in [0.25, 0.3) is 100 Å². The molecule has 0 bridgehead atoms. The lowest BCUT2D eigenvalue weighted by atomic mass is 9.97. The van der Waals surface area contributed by atoms with E-state index >= 15 is 0 Å². The van der Waals surface area contributed by atoms with Crippen LogP contribution in [0.15, 0.2) is 174 Å². The fourth-order valence-electron chi connectivity index (χ4n) is 7.04. The van der Waals surface area contributed by atoms with Gasteiger partial charge in [-0.3, -0.25) is 0 Å². The molecule has 238 valence electrons. The van der Waals surface area contributed by atoms with Crippen molar-refractivity contribution in [3.05, 3.63) is 170 Å². The summed E-state index contributed by atoms with van der Waals surface area (Å²) in [7, 11) is 0. The summed E-state index contributed by atoms with van der Waals surface area (Å²) in [6, 6.07) is 58.0. The molecule has 0 unspecified atom stereocenters. The van der Waals surface area contributed by atoms with E-state index in [1.807, 2.05) is 72.8 Å². The number of hydrogen-bond acceptors (Lipinski definition) is 5. The Morgan fingerprint density at radius 2 is 0.902 bits per heavy atom. The highest BCUT2D eigenvalue weighted by molar-refractivity contribution is 6.27. The largest absolute Gasteiger partial charge is 0.454 e. The third kappa shape index (κ3) is 5.03. The minimum atomic E-state index is 0.628. The van der Waals surface area contributed by atoms with Gasteiger partial charge in [0.25, 0.3) is 0 Å². The minimum Gasteiger partial charge on any atom is -0.454 e. The second-order valence-electron chi connectivity index (χ2n) is 12.6. The van der Waals surface area contributed by atoms with Crippen LogP contribution in [-0.2, 0) is 0 Å². The first-order chi connectivity index (χ1) is 25.3. The molecule has 0 saturated carbocycles. The predicted octanol–water partition coefficient (Wildman–Crippen LogP) is 11.8. The molecule has 5 heteroatoms. The van der Waals surface area contributed by atoms with Gasteiger partial charge in [-0.25, -0.2) is 19.9 Å². The van der Waals surface area contributed by atoms with Crippen LogP contribution in [0.4, 0.5) is 0 Å². The number of aromatic nitrogens is 4. The molecule has 0 aliphatic heterocycles. The molecule has 0 aliphatic carbocycles. The summed E-state index contributed by atoms with van der Waals surface area (Å²) in [5.74, 6) is 1.91. The zero-order valence-electron chi connectivity index (χ0n) is 27.4. The van der Waals surface area contributed by atoms with Crippen LogP contribution in [-0.4, -0.2) is 19.9 Å². The number of furan rings is 1. The third-order valence-corrected chi connectivity index (χ3v) is 9.51. The van der Waals surface area contributed by atoms with Crippen LogP contribution >= 0.6 is 0 Å². The first-order valence-electron chi connectivity index (χ1n) is 17.0. The van der Waals surface area contributed by atoms with Crippen LogP contribution in [0.3, 0.4) is 0 Å². The van der Waals surface area contributed by atoms with Crippen molar-refractivity contribution in [1.29, 1.82) is 0 Å². The molecule has 3 aromatic heterocycles. The summed E-state index contributed by atoms with van der Waals surface area (Å²) < 4.78 is 6.61. The van der Waals surface area contributed by atoms with Gasteiger partial charge in [0.2, 0.25) is 0 Å². The SMILES string of the molecule is c1ccc(-c2nc(-c3ccccc3)nc(-c3ccc(-c4cccc(-c5nc6ccc7ccccc7c6c6c5oc5ccccc56)c4)cc3)n2)cc1. The van der Waals surface area contributed by atoms with Crippen LogP contribution in [0.2, 0.25) is 0 Å². The van der Waals surface area contributed by atoms with Crippen molar-refractivity contribution in [2.45, 2.75) is 0 Å². The average molecular weight is 653 g/mol. The van der Waals surface area contributed by atoms with Crippen molar-refractivity contribution in [1.82, 2.24) is 19.9 Å². The maximum absolute atomic E-state index is 6.61. The topological polar surface area (TPSA) is 64.7 Å². The zero-order valence-corrected chi connectivity index (χ0v) is 27.4. The highest BCUT2D eigenvalue weighted by Gasteiger charge is 2.20. The summed E-state index contributed by atoms with van der Waals surface area (Å²) in [5.41, 5.74) is 9.38. The Morgan fingerprint density at radius 1 is 0.353 bits per heavy atom. The number of rotatable bonds is 5. The number of benzene rings is 7. The van der Waals surface area contributed by atoms with Gasteiger partial charge in [-0.1, -0.05) is 152 Å². The summed E-state index contributed by atoms with van der Waals surface area (Å²) >= 11 is 0. The highest BCUT2D eigenvalue weighted by Crippen LogP contribution is 2.42. The molecule has 0 fully saturated rings. The molecule has 5 nitrogen and oxygen atoms in total. The molecular weight excluding hydrogens is 625 g/mol. The van der Waals surface area contributed by atoms with Crippen LogP contribution < -0.4 is 0 Å². The standard InChI is InChI=1S/C46H28N4O/c1-3-13-31(14-4-1)44-48-45(32-15-5-2-6-16-32)50-46(49-44)33-24-22-29(23-25-33)34-17-11-18-35(28-34)42-43-41(37-20-9-10-21-39(37)51-43)40-36-19-8-7-12-30(36)26-27-38(40)47-42/h1-28H. The van der Waals surface area contributed by atoms with Gasteiger partial charge in [0.15, 0.2) is 23.1 Å². The van der Waals surface area contributed by atoms with Crippen molar-refractivity contribution in [2.75, 3.05) is 0 Å². The molecule has 0 saturated heterocycles. The summed E-state index contributed by atoms with van der Waals surface area (Å²) in [6.07, 6.45) is 0. The van der Waals surface area contributed by atoms with E-state index in [-0.39, 0.29) is 0 Å². The second kappa shape index (κ2) is 11.9. The molecule has 0 atom stereocenters. The highest BCUT2D eigenvalue weighted by atomic mass is 16.3. The van der Waals surface area contributed by atoms with Gasteiger partial charge in [-0.2, -0.15) is 0 Å². The van der Waals surface area contributed by atoms with Gasteiger partial charge >= 0.3 is 0 Å². The van der Waals surface area contributed by atoms with E-state index in [2.05, 4.69) is 97.1 Å². The van der Waals surface area contributed by atoms with Gasteiger partial charge in [0, 0.05) is 38.4 Å². The maximum Gasteiger partial charge on any atom is 0.164 e. The second-order valence-corrected chi connectivity index (χ2v) is 12.6. The number of fused-ring (bicyclic) bond motifs is 7. The van der Waals surface area contributed by atoms with Gasteiger partial charge in [-0.15, -0.1) is 0 Å². The maximum atomic E-state index is 6.61. The Kier molecular flexibility index (Phi) is 6.74. The molecule has 7 aromatic carbocycles. The summed E-state index contributed by atoms with van der Waals surface area (Å²) in [5, 5.41) is 5.66. The lowest BCUT2D eigenvalue weighted by Gasteiger charge is -2.11. The molecule has 0 radical (unpaired) electrons. The van der Waals surface area contributed by atoms with Crippen LogP contribution in [0.5, 0.6) is 0 Å². The molecule has 0 N–H and O–H groups in total. The number of hydrogen-bond donors (Lipinski definition) is 0. The molecule has 10 rings (SSSR count). The van der Waals surface area contributed by atoms with E-state index in [1.54, 1.807) is 0 Å². The monoisotopic (exact) mass is 652 g/mol. The van der Waals surface area contributed by atoms with Crippen molar-refractivity contribution >= 4 is 43.6 Å². The van der Waals surface area contributed by atoms with E-state index in [0.717, 1.165) is 71.9 Å². The molecule has 0 spiro atoms. The minimum absolute atomic E-state index is 0.628. The van der Waals surface area contributed by atoms with E-state index in [0.29, 0.717) is 17.5 Å². The molecular formula is C46H28N4O.